The van der Waals surface area contributed by atoms with Gasteiger partial charge in [0.15, 0.2) is 0 Å². The van der Waals surface area contributed by atoms with E-state index in [2.05, 4.69) is 51.5 Å². The molecule has 0 radical (unpaired) electrons. The molecule has 1 aliphatic carbocycles. The summed E-state index contributed by atoms with van der Waals surface area (Å²) in [5, 5.41) is 6.93. The van der Waals surface area contributed by atoms with Gasteiger partial charge in [0.2, 0.25) is 5.96 Å². The Bertz CT molecular complexity index is 953. The van der Waals surface area contributed by atoms with Crippen molar-refractivity contribution < 1.29 is 9.59 Å². The summed E-state index contributed by atoms with van der Waals surface area (Å²) in [5.41, 5.74) is 7.44. The molecule has 34 heavy (non-hydrogen) atoms. The van der Waals surface area contributed by atoms with E-state index < -0.39 is 11.8 Å². The lowest BCUT2D eigenvalue weighted by atomic mass is 10.1. The van der Waals surface area contributed by atoms with Crippen LogP contribution in [0.3, 0.4) is 0 Å². The highest BCUT2D eigenvalue weighted by Crippen LogP contribution is 2.27. The Morgan fingerprint density at radius 3 is 2.53 bits per heavy atom. The van der Waals surface area contributed by atoms with Gasteiger partial charge in [-0.05, 0) is 57.4 Å². The first kappa shape index (κ1) is 24.2. The van der Waals surface area contributed by atoms with Crippen LogP contribution in [-0.4, -0.2) is 65.8 Å². The third kappa shape index (κ3) is 5.58. The van der Waals surface area contributed by atoms with Gasteiger partial charge in [0.05, 0.1) is 6.04 Å². The van der Waals surface area contributed by atoms with Crippen molar-refractivity contribution in [3.8, 4) is 0 Å². The molecule has 3 aliphatic rings. The molecule has 0 bridgehead atoms. The van der Waals surface area contributed by atoms with E-state index in [0.29, 0.717) is 30.3 Å². The molecule has 1 aromatic rings. The second-order valence-electron chi connectivity index (χ2n) is 9.76. The van der Waals surface area contributed by atoms with E-state index in [1.165, 1.54) is 10.6 Å². The molecule has 1 saturated heterocycles. The number of nitrogens with two attached hydrogens (primary N) is 1. The fourth-order valence-corrected chi connectivity index (χ4v) is 5.22. The van der Waals surface area contributed by atoms with Gasteiger partial charge in [-0.1, -0.05) is 19.8 Å². The van der Waals surface area contributed by atoms with Crippen molar-refractivity contribution in [2.45, 2.75) is 83.5 Å². The van der Waals surface area contributed by atoms with E-state index in [-0.39, 0.29) is 12.1 Å². The molecule has 2 fully saturated rings. The van der Waals surface area contributed by atoms with Crippen LogP contribution >= 0.6 is 0 Å². The van der Waals surface area contributed by atoms with Gasteiger partial charge in [-0.2, -0.15) is 4.99 Å². The van der Waals surface area contributed by atoms with E-state index in [1.54, 1.807) is 0 Å². The van der Waals surface area contributed by atoms with Crippen molar-refractivity contribution in [3.63, 3.8) is 0 Å². The Morgan fingerprint density at radius 1 is 1.18 bits per heavy atom. The van der Waals surface area contributed by atoms with Gasteiger partial charge in [-0.25, -0.2) is 4.99 Å². The molecule has 9 heteroatoms. The number of hydrogen-bond acceptors (Lipinski definition) is 7. The standard InChI is InChI=1S/C25H37N7O2/c1-4-18-15-31(14-17(3)27-18)20-11-9-19(10-12-20)29-25-28-16(2)13-22(30-25)32(24(34)23(26)33)21-7-5-6-8-21/h9-12,16-18,21,27H,4-8,13-15H2,1-3H3,(H2,26,33)(H,28,29). The fraction of sp³-hybridized carbons (Fsp3) is 0.600. The zero-order valence-corrected chi connectivity index (χ0v) is 20.5. The van der Waals surface area contributed by atoms with Gasteiger partial charge >= 0.3 is 11.8 Å². The number of guanidine groups is 1. The highest BCUT2D eigenvalue weighted by molar-refractivity contribution is 6.37. The highest BCUT2D eigenvalue weighted by Gasteiger charge is 2.35. The van der Waals surface area contributed by atoms with Crippen LogP contribution < -0.4 is 21.3 Å². The molecule has 4 rings (SSSR count). The number of nitrogens with zero attached hydrogens (tertiary/aromatic N) is 4. The van der Waals surface area contributed by atoms with Gasteiger partial charge in [-0.3, -0.25) is 14.5 Å². The molecule has 1 saturated carbocycles. The third-order valence-corrected chi connectivity index (χ3v) is 6.89. The number of nitrogens with one attached hydrogen (secondary N) is 2. The second kappa shape index (κ2) is 10.5. The number of carbonyl (C=O) groups excluding carboxylic acids is 2. The SMILES string of the molecule is CCC1CN(c2ccc(NC3=NC(C)CC(N(C(=O)C(N)=O)C4CCCC4)=N3)cc2)CC(C)N1. The molecule has 2 aliphatic heterocycles. The zero-order chi connectivity index (χ0) is 24.2. The summed E-state index contributed by atoms with van der Waals surface area (Å²) in [4.78, 5) is 37.6. The molecule has 2 heterocycles. The summed E-state index contributed by atoms with van der Waals surface area (Å²) in [6.45, 7) is 8.39. The minimum absolute atomic E-state index is 0.0297. The quantitative estimate of drug-likeness (QED) is 0.589. The largest absolute Gasteiger partial charge is 0.368 e. The van der Waals surface area contributed by atoms with Crippen molar-refractivity contribution in [1.29, 1.82) is 0 Å². The smallest absolute Gasteiger partial charge is 0.317 e. The molecular formula is C25H37N7O2. The van der Waals surface area contributed by atoms with Gasteiger partial charge < -0.3 is 21.3 Å². The predicted molar refractivity (Wildman–Crippen MR) is 136 cm³/mol. The first-order valence-corrected chi connectivity index (χ1v) is 12.5. The average molecular weight is 468 g/mol. The molecule has 4 N–H and O–H groups in total. The lowest BCUT2D eigenvalue weighted by Crippen LogP contribution is -2.55. The molecule has 1 aromatic carbocycles. The first-order valence-electron chi connectivity index (χ1n) is 12.5. The number of hydrogen-bond donors (Lipinski definition) is 3. The fourth-order valence-electron chi connectivity index (χ4n) is 5.22. The summed E-state index contributed by atoms with van der Waals surface area (Å²) in [6, 6.07) is 9.15. The molecule has 0 aromatic heterocycles. The zero-order valence-electron chi connectivity index (χ0n) is 20.5. The minimum atomic E-state index is -0.942. The summed E-state index contributed by atoms with van der Waals surface area (Å²) in [7, 11) is 0. The van der Waals surface area contributed by atoms with Crippen molar-refractivity contribution in [2.75, 3.05) is 23.3 Å². The minimum Gasteiger partial charge on any atom is -0.368 e. The summed E-state index contributed by atoms with van der Waals surface area (Å²) < 4.78 is 0. The van der Waals surface area contributed by atoms with Gasteiger partial charge in [0, 0.05) is 49.0 Å². The maximum Gasteiger partial charge on any atom is 0.317 e. The molecular weight excluding hydrogens is 430 g/mol. The maximum atomic E-state index is 12.7. The third-order valence-electron chi connectivity index (χ3n) is 6.89. The van der Waals surface area contributed by atoms with Crippen LogP contribution in [0, 0.1) is 0 Å². The number of carbonyl (C=O) groups is 2. The Hall–Kier alpha value is -2.94. The summed E-state index contributed by atoms with van der Waals surface area (Å²) >= 11 is 0. The normalized spacial score (nSPS) is 25.5. The van der Waals surface area contributed by atoms with Crippen molar-refractivity contribution in [1.82, 2.24) is 10.2 Å². The Labute approximate surface area is 201 Å². The lowest BCUT2D eigenvalue weighted by molar-refractivity contribution is -0.142. The monoisotopic (exact) mass is 467 g/mol. The first-order chi connectivity index (χ1) is 16.3. The summed E-state index contributed by atoms with van der Waals surface area (Å²) in [5.74, 6) is -0.608. The van der Waals surface area contributed by atoms with Crippen molar-refractivity contribution in [2.24, 2.45) is 15.7 Å². The van der Waals surface area contributed by atoms with Crippen LogP contribution in [0.15, 0.2) is 34.3 Å². The van der Waals surface area contributed by atoms with Crippen LogP contribution in [0.5, 0.6) is 0 Å². The number of aliphatic imine (C=N–C) groups is 2. The van der Waals surface area contributed by atoms with E-state index in [1.807, 2.05) is 19.1 Å². The Balaban J connectivity index is 1.49. The molecule has 0 spiro atoms. The number of anilines is 2. The van der Waals surface area contributed by atoms with Crippen molar-refractivity contribution >= 4 is 35.0 Å². The van der Waals surface area contributed by atoms with Crippen LogP contribution in [0.4, 0.5) is 11.4 Å². The number of amidine groups is 1. The number of amides is 2. The van der Waals surface area contributed by atoms with Crippen LogP contribution in [0.1, 0.15) is 59.3 Å². The summed E-state index contributed by atoms with van der Waals surface area (Å²) in [6.07, 6.45) is 5.39. The topological polar surface area (TPSA) is 115 Å². The van der Waals surface area contributed by atoms with Gasteiger partial charge in [-0.15, -0.1) is 0 Å². The molecule has 9 nitrogen and oxygen atoms in total. The van der Waals surface area contributed by atoms with E-state index in [9.17, 15) is 9.59 Å². The molecule has 3 atom stereocenters. The average Bonchev–Trinajstić information content (AvgIpc) is 3.33. The lowest BCUT2D eigenvalue weighted by Gasteiger charge is -2.38. The maximum absolute atomic E-state index is 12.7. The van der Waals surface area contributed by atoms with Gasteiger partial charge in [0.1, 0.15) is 5.84 Å². The Kier molecular flexibility index (Phi) is 7.50. The predicted octanol–water partition coefficient (Wildman–Crippen LogP) is 2.48. The molecule has 3 unspecified atom stereocenters. The van der Waals surface area contributed by atoms with Crippen molar-refractivity contribution in [3.05, 3.63) is 24.3 Å². The number of benzene rings is 1. The highest BCUT2D eigenvalue weighted by atomic mass is 16.2. The number of rotatable bonds is 4. The van der Waals surface area contributed by atoms with Gasteiger partial charge in [0.25, 0.3) is 0 Å². The number of primary amides is 1. The van der Waals surface area contributed by atoms with E-state index in [0.717, 1.165) is 50.9 Å². The van der Waals surface area contributed by atoms with E-state index >= 15 is 0 Å². The molecule has 184 valence electrons. The second-order valence-corrected chi connectivity index (χ2v) is 9.76. The van der Waals surface area contributed by atoms with Crippen LogP contribution in [0.2, 0.25) is 0 Å². The molecule has 2 amide bonds. The van der Waals surface area contributed by atoms with E-state index in [4.69, 9.17) is 5.73 Å². The number of piperazine rings is 1. The van der Waals surface area contributed by atoms with Crippen LogP contribution in [0.25, 0.3) is 0 Å². The van der Waals surface area contributed by atoms with Crippen LogP contribution in [-0.2, 0) is 9.59 Å². The Morgan fingerprint density at radius 2 is 1.88 bits per heavy atom.